The van der Waals surface area contributed by atoms with Gasteiger partial charge in [-0.1, -0.05) is 62.4 Å². The summed E-state index contributed by atoms with van der Waals surface area (Å²) in [6.07, 6.45) is -7.48. The van der Waals surface area contributed by atoms with Gasteiger partial charge in [-0.05, 0) is 35.1 Å². The molecular weight excluding hydrogens is 465 g/mol. The Balaban J connectivity index is 1.67. The quantitative estimate of drug-likeness (QED) is 0.474. The standard InChI is InChI=1S/C25H27F3N2O5/c1-3-24(4-2,22(32)33)30-21(31)13-20(25(26,27)28)29-23(34)35-14-19-17-11-7-5-9-15(17)16-10-6-8-12-18(16)19/h5-12,19-20H,3-4,13-14H2,1-2H3,(H,29,34)(H,30,31)(H,32,33). The average Bonchev–Trinajstić information content (AvgIpc) is 3.14. The lowest BCUT2D eigenvalue weighted by molar-refractivity contribution is -0.161. The lowest BCUT2D eigenvalue weighted by atomic mass is 9.92. The Morgan fingerprint density at radius 2 is 1.49 bits per heavy atom. The van der Waals surface area contributed by atoms with E-state index >= 15 is 0 Å². The predicted octanol–water partition coefficient (Wildman–Crippen LogP) is 4.61. The van der Waals surface area contributed by atoms with Gasteiger partial charge in [-0.3, -0.25) is 4.79 Å². The molecule has 1 atom stereocenters. The van der Waals surface area contributed by atoms with Gasteiger partial charge in [0.25, 0.3) is 0 Å². The van der Waals surface area contributed by atoms with Gasteiger partial charge in [0.05, 0.1) is 6.42 Å². The number of rotatable bonds is 9. The molecule has 10 heteroatoms. The second-order valence-electron chi connectivity index (χ2n) is 8.41. The number of halogens is 3. The van der Waals surface area contributed by atoms with Crippen molar-refractivity contribution in [3.05, 3.63) is 59.7 Å². The Hall–Kier alpha value is -3.56. The Morgan fingerprint density at radius 3 is 1.94 bits per heavy atom. The van der Waals surface area contributed by atoms with Crippen LogP contribution in [0.15, 0.2) is 48.5 Å². The molecule has 1 aliphatic rings. The molecule has 0 fully saturated rings. The van der Waals surface area contributed by atoms with Crippen LogP contribution in [0.1, 0.15) is 50.2 Å². The number of carboxylic acids is 1. The van der Waals surface area contributed by atoms with Gasteiger partial charge in [-0.15, -0.1) is 0 Å². The molecule has 1 aliphatic carbocycles. The maximum absolute atomic E-state index is 13.6. The predicted molar refractivity (Wildman–Crippen MR) is 122 cm³/mol. The molecule has 3 N–H and O–H groups in total. The molecule has 0 radical (unpaired) electrons. The molecule has 0 bridgehead atoms. The van der Waals surface area contributed by atoms with Crippen molar-refractivity contribution < 1.29 is 37.4 Å². The van der Waals surface area contributed by atoms with Crippen molar-refractivity contribution in [2.75, 3.05) is 6.61 Å². The number of ether oxygens (including phenoxy) is 1. The average molecular weight is 492 g/mol. The number of alkyl carbamates (subject to hydrolysis) is 1. The van der Waals surface area contributed by atoms with Crippen molar-refractivity contribution in [1.82, 2.24) is 10.6 Å². The number of benzene rings is 2. The molecule has 7 nitrogen and oxygen atoms in total. The van der Waals surface area contributed by atoms with Crippen LogP contribution in [0.3, 0.4) is 0 Å². The van der Waals surface area contributed by atoms with Crippen LogP contribution < -0.4 is 10.6 Å². The molecule has 35 heavy (non-hydrogen) atoms. The highest BCUT2D eigenvalue weighted by Gasteiger charge is 2.44. The number of hydrogen-bond donors (Lipinski definition) is 3. The fraction of sp³-hybridized carbons (Fsp3) is 0.400. The van der Waals surface area contributed by atoms with E-state index in [2.05, 4.69) is 5.32 Å². The Morgan fingerprint density at radius 1 is 0.971 bits per heavy atom. The summed E-state index contributed by atoms with van der Waals surface area (Å²) < 4.78 is 45.8. The molecule has 1 unspecified atom stereocenters. The zero-order chi connectivity index (χ0) is 25.8. The van der Waals surface area contributed by atoms with Crippen LogP contribution in [-0.4, -0.2) is 47.4 Å². The van der Waals surface area contributed by atoms with E-state index in [1.807, 2.05) is 48.5 Å². The molecule has 0 saturated carbocycles. The smallest absolute Gasteiger partial charge is 0.409 e. The summed E-state index contributed by atoms with van der Waals surface area (Å²) in [4.78, 5) is 36.1. The highest BCUT2D eigenvalue weighted by molar-refractivity contribution is 5.87. The number of carboxylic acid groups (broad SMARTS) is 1. The summed E-state index contributed by atoms with van der Waals surface area (Å²) in [7, 11) is 0. The van der Waals surface area contributed by atoms with Gasteiger partial charge in [0.15, 0.2) is 0 Å². The lowest BCUT2D eigenvalue weighted by Crippen LogP contribution is -2.56. The van der Waals surface area contributed by atoms with Crippen molar-refractivity contribution in [3.8, 4) is 11.1 Å². The lowest BCUT2D eigenvalue weighted by Gasteiger charge is -2.29. The van der Waals surface area contributed by atoms with E-state index in [1.165, 1.54) is 13.8 Å². The van der Waals surface area contributed by atoms with Crippen molar-refractivity contribution in [2.45, 2.75) is 56.8 Å². The highest BCUT2D eigenvalue weighted by Crippen LogP contribution is 2.44. The second-order valence-corrected chi connectivity index (χ2v) is 8.41. The first-order valence-corrected chi connectivity index (χ1v) is 11.2. The number of carbonyl (C=O) groups is 3. The number of carbonyl (C=O) groups excluding carboxylic acids is 2. The number of aliphatic carboxylic acids is 1. The molecule has 0 aromatic heterocycles. The van der Waals surface area contributed by atoms with E-state index in [-0.39, 0.29) is 25.4 Å². The molecule has 0 aliphatic heterocycles. The van der Waals surface area contributed by atoms with Crippen LogP contribution in [0.25, 0.3) is 11.1 Å². The molecule has 3 rings (SSSR count). The maximum Gasteiger partial charge on any atom is 0.409 e. The third kappa shape index (κ3) is 5.58. The van der Waals surface area contributed by atoms with Gasteiger partial charge in [0.1, 0.15) is 18.2 Å². The fourth-order valence-corrected chi connectivity index (χ4v) is 4.32. The van der Waals surface area contributed by atoms with Crippen molar-refractivity contribution in [1.29, 1.82) is 0 Å². The van der Waals surface area contributed by atoms with Gasteiger partial charge in [0.2, 0.25) is 5.91 Å². The Bertz CT molecular complexity index is 1050. The van der Waals surface area contributed by atoms with Crippen LogP contribution in [0, 0.1) is 0 Å². The van der Waals surface area contributed by atoms with Gasteiger partial charge in [-0.2, -0.15) is 13.2 Å². The normalized spacial score (nSPS) is 14.0. The van der Waals surface area contributed by atoms with Crippen molar-refractivity contribution >= 4 is 18.0 Å². The number of hydrogen-bond acceptors (Lipinski definition) is 4. The van der Waals surface area contributed by atoms with Crippen LogP contribution in [0.4, 0.5) is 18.0 Å². The topological polar surface area (TPSA) is 105 Å². The molecule has 2 aromatic carbocycles. The second kappa shape index (κ2) is 10.4. The number of amides is 2. The summed E-state index contributed by atoms with van der Waals surface area (Å²) in [5.41, 5.74) is 2.05. The van der Waals surface area contributed by atoms with E-state index in [0.29, 0.717) is 0 Å². The molecule has 0 saturated heterocycles. The fourth-order valence-electron chi connectivity index (χ4n) is 4.32. The summed E-state index contributed by atoms with van der Waals surface area (Å²) in [6, 6.07) is 12.5. The Kier molecular flexibility index (Phi) is 7.72. The Labute approximate surface area is 200 Å². The first-order valence-electron chi connectivity index (χ1n) is 11.2. The summed E-state index contributed by atoms with van der Waals surface area (Å²) >= 11 is 0. The first kappa shape index (κ1) is 26.1. The minimum Gasteiger partial charge on any atom is -0.480 e. The minimum atomic E-state index is -4.95. The van der Waals surface area contributed by atoms with Crippen LogP contribution in [0.2, 0.25) is 0 Å². The zero-order valence-electron chi connectivity index (χ0n) is 19.3. The third-order valence-corrected chi connectivity index (χ3v) is 6.42. The molecule has 0 heterocycles. The first-order chi connectivity index (χ1) is 16.5. The number of alkyl halides is 3. The monoisotopic (exact) mass is 492 g/mol. The van der Waals surface area contributed by atoms with Crippen molar-refractivity contribution in [2.24, 2.45) is 0 Å². The summed E-state index contributed by atoms with van der Waals surface area (Å²) in [5.74, 6) is -2.83. The van der Waals surface area contributed by atoms with Crippen LogP contribution in [-0.2, 0) is 14.3 Å². The highest BCUT2D eigenvalue weighted by atomic mass is 19.4. The van der Waals surface area contributed by atoms with E-state index < -0.39 is 42.1 Å². The molecule has 2 aromatic rings. The van der Waals surface area contributed by atoms with Crippen LogP contribution >= 0.6 is 0 Å². The van der Waals surface area contributed by atoms with E-state index in [4.69, 9.17) is 4.74 Å². The molecule has 2 amide bonds. The number of fused-ring (bicyclic) bond motifs is 3. The summed E-state index contributed by atoms with van der Waals surface area (Å²) in [6.45, 7) is 2.83. The van der Waals surface area contributed by atoms with E-state index in [9.17, 15) is 32.7 Å². The van der Waals surface area contributed by atoms with Gasteiger partial charge in [0, 0.05) is 5.92 Å². The maximum atomic E-state index is 13.6. The summed E-state index contributed by atoms with van der Waals surface area (Å²) in [5, 5.41) is 13.3. The van der Waals surface area contributed by atoms with Crippen LogP contribution in [0.5, 0.6) is 0 Å². The van der Waals surface area contributed by atoms with Gasteiger partial charge < -0.3 is 20.5 Å². The van der Waals surface area contributed by atoms with E-state index in [0.717, 1.165) is 22.3 Å². The van der Waals surface area contributed by atoms with Crippen molar-refractivity contribution in [3.63, 3.8) is 0 Å². The third-order valence-electron chi connectivity index (χ3n) is 6.42. The molecule has 0 spiro atoms. The number of nitrogens with one attached hydrogen (secondary N) is 2. The minimum absolute atomic E-state index is 0.0128. The van der Waals surface area contributed by atoms with E-state index in [1.54, 1.807) is 5.32 Å². The zero-order valence-corrected chi connectivity index (χ0v) is 19.3. The van der Waals surface area contributed by atoms with Gasteiger partial charge in [-0.25, -0.2) is 9.59 Å². The molecule has 188 valence electrons. The SMILES string of the molecule is CCC(CC)(NC(=O)CC(NC(=O)OCC1c2ccccc2-c2ccccc21)C(F)(F)F)C(=O)O. The van der Waals surface area contributed by atoms with Gasteiger partial charge >= 0.3 is 18.2 Å². The largest absolute Gasteiger partial charge is 0.480 e. The molecular formula is C25H27F3N2O5.